The van der Waals surface area contributed by atoms with E-state index >= 15 is 0 Å². The number of amides is 1. The third-order valence-corrected chi connectivity index (χ3v) is 2.96. The lowest BCUT2D eigenvalue weighted by atomic mass is 10.1. The summed E-state index contributed by atoms with van der Waals surface area (Å²) >= 11 is 0. The lowest BCUT2D eigenvalue weighted by molar-refractivity contribution is -0.120. The Bertz CT molecular complexity index is 376. The molecule has 1 saturated heterocycles. The standard InChI is InChI=1S/C13H18N2O2/c16-9-1-2-11-3-5-12(6-4-11)15-8-7-14-13(17)10-15/h3-6,16H,1-2,7-10H2,(H,14,17). The molecule has 0 spiro atoms. The molecular weight excluding hydrogens is 216 g/mol. The minimum Gasteiger partial charge on any atom is -0.396 e. The van der Waals surface area contributed by atoms with Crippen LogP contribution in [0.5, 0.6) is 0 Å². The number of piperazine rings is 1. The smallest absolute Gasteiger partial charge is 0.239 e. The Labute approximate surface area is 101 Å². The van der Waals surface area contributed by atoms with Gasteiger partial charge in [-0.2, -0.15) is 0 Å². The molecule has 0 atom stereocenters. The molecule has 0 unspecified atom stereocenters. The maximum absolute atomic E-state index is 11.3. The van der Waals surface area contributed by atoms with Crippen LogP contribution in [0.1, 0.15) is 12.0 Å². The number of rotatable bonds is 4. The summed E-state index contributed by atoms with van der Waals surface area (Å²) in [6.45, 7) is 2.25. The van der Waals surface area contributed by atoms with Gasteiger partial charge in [-0.15, -0.1) is 0 Å². The van der Waals surface area contributed by atoms with E-state index in [9.17, 15) is 4.79 Å². The van der Waals surface area contributed by atoms with Gasteiger partial charge in [0.15, 0.2) is 0 Å². The summed E-state index contributed by atoms with van der Waals surface area (Å²) in [5.74, 6) is 0.0839. The van der Waals surface area contributed by atoms with Gasteiger partial charge in [0.25, 0.3) is 0 Å². The number of aryl methyl sites for hydroxylation is 1. The van der Waals surface area contributed by atoms with Crippen molar-refractivity contribution >= 4 is 11.6 Å². The van der Waals surface area contributed by atoms with Gasteiger partial charge in [-0.05, 0) is 30.5 Å². The van der Waals surface area contributed by atoms with Crippen molar-refractivity contribution in [2.75, 3.05) is 31.1 Å². The number of benzene rings is 1. The average molecular weight is 234 g/mol. The molecule has 1 fully saturated rings. The highest BCUT2D eigenvalue weighted by atomic mass is 16.2. The van der Waals surface area contributed by atoms with Gasteiger partial charge in [-0.25, -0.2) is 0 Å². The second-order valence-electron chi connectivity index (χ2n) is 4.27. The van der Waals surface area contributed by atoms with Crippen molar-refractivity contribution in [2.45, 2.75) is 12.8 Å². The van der Waals surface area contributed by atoms with E-state index < -0.39 is 0 Å². The Balaban J connectivity index is 1.99. The summed E-state index contributed by atoms with van der Waals surface area (Å²) in [6, 6.07) is 8.23. The molecule has 2 N–H and O–H groups in total. The Morgan fingerprint density at radius 1 is 1.29 bits per heavy atom. The average Bonchev–Trinajstić information content (AvgIpc) is 2.37. The maximum Gasteiger partial charge on any atom is 0.239 e. The van der Waals surface area contributed by atoms with E-state index in [0.29, 0.717) is 13.1 Å². The molecule has 17 heavy (non-hydrogen) atoms. The van der Waals surface area contributed by atoms with Crippen LogP contribution in [0.4, 0.5) is 5.69 Å². The van der Waals surface area contributed by atoms with Gasteiger partial charge in [-0.3, -0.25) is 4.79 Å². The van der Waals surface area contributed by atoms with Crippen LogP contribution in [0.2, 0.25) is 0 Å². The molecule has 1 heterocycles. The predicted molar refractivity (Wildman–Crippen MR) is 67.1 cm³/mol. The number of nitrogens with one attached hydrogen (secondary N) is 1. The summed E-state index contributed by atoms with van der Waals surface area (Å²) in [5, 5.41) is 11.6. The molecule has 0 saturated carbocycles. The minimum absolute atomic E-state index is 0.0839. The van der Waals surface area contributed by atoms with Gasteiger partial charge >= 0.3 is 0 Å². The van der Waals surface area contributed by atoms with Crippen LogP contribution < -0.4 is 10.2 Å². The van der Waals surface area contributed by atoms with Crippen molar-refractivity contribution in [2.24, 2.45) is 0 Å². The first kappa shape index (κ1) is 11.9. The second-order valence-corrected chi connectivity index (χ2v) is 4.27. The second kappa shape index (κ2) is 5.68. The van der Waals surface area contributed by atoms with E-state index in [2.05, 4.69) is 22.3 Å². The molecule has 1 aromatic rings. The van der Waals surface area contributed by atoms with Crippen molar-refractivity contribution in [3.05, 3.63) is 29.8 Å². The number of aliphatic hydroxyl groups is 1. The highest BCUT2D eigenvalue weighted by molar-refractivity contribution is 5.82. The van der Waals surface area contributed by atoms with Crippen LogP contribution in [0.3, 0.4) is 0 Å². The molecule has 0 aromatic heterocycles. The van der Waals surface area contributed by atoms with Crippen LogP contribution in [0.15, 0.2) is 24.3 Å². The van der Waals surface area contributed by atoms with Crippen molar-refractivity contribution in [1.29, 1.82) is 0 Å². The first-order valence-corrected chi connectivity index (χ1v) is 6.01. The number of carbonyl (C=O) groups is 1. The van der Waals surface area contributed by atoms with Gasteiger partial charge < -0.3 is 15.3 Å². The molecule has 92 valence electrons. The molecule has 1 amide bonds. The van der Waals surface area contributed by atoms with Crippen LogP contribution in [0.25, 0.3) is 0 Å². The SMILES string of the molecule is O=C1CN(c2ccc(CCCO)cc2)CCN1. The molecule has 0 radical (unpaired) electrons. The first-order chi connectivity index (χ1) is 8.29. The fourth-order valence-electron chi connectivity index (χ4n) is 2.02. The minimum atomic E-state index is 0.0839. The van der Waals surface area contributed by atoms with Gasteiger partial charge in [0.05, 0.1) is 6.54 Å². The number of hydrogen-bond acceptors (Lipinski definition) is 3. The number of hydrogen-bond donors (Lipinski definition) is 2. The molecule has 0 aliphatic carbocycles. The van der Waals surface area contributed by atoms with Gasteiger partial charge in [0.1, 0.15) is 0 Å². The first-order valence-electron chi connectivity index (χ1n) is 6.01. The molecule has 1 aromatic carbocycles. The number of carbonyl (C=O) groups excluding carboxylic acids is 1. The molecule has 4 heteroatoms. The van der Waals surface area contributed by atoms with Crippen LogP contribution in [-0.2, 0) is 11.2 Å². The number of anilines is 1. The fraction of sp³-hybridized carbons (Fsp3) is 0.462. The maximum atomic E-state index is 11.3. The molecule has 4 nitrogen and oxygen atoms in total. The number of aliphatic hydroxyl groups excluding tert-OH is 1. The fourth-order valence-corrected chi connectivity index (χ4v) is 2.02. The summed E-state index contributed by atoms with van der Waals surface area (Å²) in [6.07, 6.45) is 1.70. The van der Waals surface area contributed by atoms with E-state index in [1.807, 2.05) is 12.1 Å². The van der Waals surface area contributed by atoms with Crippen LogP contribution in [0, 0.1) is 0 Å². The monoisotopic (exact) mass is 234 g/mol. The quantitative estimate of drug-likeness (QED) is 0.800. The Morgan fingerprint density at radius 2 is 2.06 bits per heavy atom. The molecule has 1 aliphatic heterocycles. The van der Waals surface area contributed by atoms with E-state index in [1.165, 1.54) is 5.56 Å². The highest BCUT2D eigenvalue weighted by Gasteiger charge is 2.15. The third-order valence-electron chi connectivity index (χ3n) is 2.96. The lowest BCUT2D eigenvalue weighted by Gasteiger charge is -2.28. The summed E-state index contributed by atoms with van der Waals surface area (Å²) < 4.78 is 0. The van der Waals surface area contributed by atoms with E-state index in [4.69, 9.17) is 5.11 Å². The lowest BCUT2D eigenvalue weighted by Crippen LogP contribution is -2.47. The Morgan fingerprint density at radius 3 is 2.71 bits per heavy atom. The summed E-state index contributed by atoms with van der Waals surface area (Å²) in [7, 11) is 0. The van der Waals surface area contributed by atoms with Gasteiger partial charge in [0.2, 0.25) is 5.91 Å². The zero-order valence-corrected chi connectivity index (χ0v) is 9.85. The van der Waals surface area contributed by atoms with E-state index in [-0.39, 0.29) is 12.5 Å². The molecular formula is C13H18N2O2. The zero-order valence-electron chi connectivity index (χ0n) is 9.85. The summed E-state index contributed by atoms with van der Waals surface area (Å²) in [4.78, 5) is 13.4. The molecule has 1 aliphatic rings. The topological polar surface area (TPSA) is 52.6 Å². The van der Waals surface area contributed by atoms with Crippen LogP contribution in [-0.4, -0.2) is 37.3 Å². The third kappa shape index (κ3) is 3.20. The van der Waals surface area contributed by atoms with Gasteiger partial charge in [0, 0.05) is 25.4 Å². The van der Waals surface area contributed by atoms with Crippen molar-refractivity contribution in [3.63, 3.8) is 0 Å². The van der Waals surface area contributed by atoms with Crippen molar-refractivity contribution < 1.29 is 9.90 Å². The van der Waals surface area contributed by atoms with Crippen LogP contribution >= 0.6 is 0 Å². The van der Waals surface area contributed by atoms with Gasteiger partial charge in [-0.1, -0.05) is 12.1 Å². The van der Waals surface area contributed by atoms with E-state index in [0.717, 1.165) is 25.1 Å². The molecule has 0 bridgehead atoms. The Hall–Kier alpha value is -1.55. The van der Waals surface area contributed by atoms with Crippen molar-refractivity contribution in [1.82, 2.24) is 5.32 Å². The largest absolute Gasteiger partial charge is 0.396 e. The van der Waals surface area contributed by atoms with E-state index in [1.54, 1.807) is 0 Å². The summed E-state index contributed by atoms with van der Waals surface area (Å²) in [5.41, 5.74) is 2.32. The zero-order chi connectivity index (χ0) is 12.1. The van der Waals surface area contributed by atoms with Crippen molar-refractivity contribution in [3.8, 4) is 0 Å². The predicted octanol–water partition coefficient (Wildman–Crippen LogP) is 0.548. The normalized spacial score (nSPS) is 15.8. The number of nitrogens with zero attached hydrogens (tertiary/aromatic N) is 1. The molecule has 2 rings (SSSR count). The highest BCUT2D eigenvalue weighted by Crippen LogP contribution is 2.16. The Kier molecular flexibility index (Phi) is 3.98.